The lowest BCUT2D eigenvalue weighted by Crippen LogP contribution is -2.53. The Bertz CT molecular complexity index is 350. The van der Waals surface area contributed by atoms with Gasteiger partial charge in [0, 0.05) is 0 Å². The number of allylic oxidation sites excluding steroid dienone is 1. The Kier molecular flexibility index (Phi) is 2.63. The largest absolute Gasteiger partial charge is 0.447 e. The summed E-state index contributed by atoms with van der Waals surface area (Å²) in [6, 6.07) is 0. The van der Waals surface area contributed by atoms with Crippen molar-refractivity contribution in [3.05, 3.63) is 12.2 Å². The minimum absolute atomic E-state index is 0.291. The molecule has 0 aromatic rings. The summed E-state index contributed by atoms with van der Waals surface area (Å²) >= 11 is 1.43. The van der Waals surface area contributed by atoms with Crippen LogP contribution >= 0.6 is 11.8 Å². The first-order chi connectivity index (χ1) is 7.29. The van der Waals surface area contributed by atoms with E-state index >= 15 is 0 Å². The van der Waals surface area contributed by atoms with Crippen molar-refractivity contribution in [2.24, 2.45) is 0 Å². The first-order valence-corrected chi connectivity index (χ1v) is 6.42. The van der Waals surface area contributed by atoms with Crippen molar-refractivity contribution >= 4 is 17.7 Å². The van der Waals surface area contributed by atoms with Crippen LogP contribution in [0.25, 0.3) is 0 Å². The molecule has 1 fully saturated rings. The van der Waals surface area contributed by atoms with Crippen molar-refractivity contribution < 1.29 is 14.6 Å². The molecule has 0 bridgehead atoms. The van der Waals surface area contributed by atoms with Crippen molar-refractivity contribution in [2.75, 3.05) is 0 Å². The molecule has 0 spiro atoms. The highest BCUT2D eigenvalue weighted by Gasteiger charge is 2.61. The molecule has 0 aromatic carbocycles. The van der Waals surface area contributed by atoms with Crippen LogP contribution in [0.3, 0.4) is 0 Å². The van der Waals surface area contributed by atoms with Crippen molar-refractivity contribution in [1.29, 1.82) is 0 Å². The zero-order valence-electron chi connectivity index (χ0n) is 9.95. The minimum Gasteiger partial charge on any atom is -0.447 e. The number of esters is 1. The van der Waals surface area contributed by atoms with E-state index in [0.717, 1.165) is 6.42 Å². The van der Waals surface area contributed by atoms with E-state index in [9.17, 15) is 9.90 Å². The molecule has 2 unspecified atom stereocenters. The second-order valence-electron chi connectivity index (χ2n) is 5.17. The topological polar surface area (TPSA) is 46.5 Å². The zero-order valence-corrected chi connectivity index (χ0v) is 10.8. The molecular formula is C12H18O3S. The predicted molar refractivity (Wildman–Crippen MR) is 64.1 cm³/mol. The van der Waals surface area contributed by atoms with E-state index in [1.165, 1.54) is 11.8 Å². The molecule has 2 aliphatic rings. The molecule has 1 N–H and O–H groups in total. The Morgan fingerprint density at radius 1 is 1.38 bits per heavy atom. The molecule has 1 saturated heterocycles. The SMILES string of the molecule is CC1(C)OC(=O)C(C)(C2(O)CC=CCC2)S1. The summed E-state index contributed by atoms with van der Waals surface area (Å²) in [5, 5.41) is 10.7. The van der Waals surface area contributed by atoms with Gasteiger partial charge in [-0.2, -0.15) is 0 Å². The number of carbonyl (C=O) groups excluding carboxylic acids is 1. The van der Waals surface area contributed by atoms with Gasteiger partial charge in [-0.25, -0.2) is 0 Å². The molecule has 0 amide bonds. The fourth-order valence-corrected chi connectivity index (χ4v) is 4.01. The Morgan fingerprint density at radius 3 is 2.50 bits per heavy atom. The van der Waals surface area contributed by atoms with E-state index in [4.69, 9.17) is 4.74 Å². The molecule has 16 heavy (non-hydrogen) atoms. The molecule has 0 aromatic heterocycles. The van der Waals surface area contributed by atoms with Crippen LogP contribution in [0.15, 0.2) is 12.2 Å². The van der Waals surface area contributed by atoms with Crippen LogP contribution in [0.4, 0.5) is 0 Å². The molecular weight excluding hydrogens is 224 g/mol. The van der Waals surface area contributed by atoms with Gasteiger partial charge in [0.25, 0.3) is 0 Å². The van der Waals surface area contributed by atoms with Crippen LogP contribution in [0.5, 0.6) is 0 Å². The molecule has 2 rings (SSSR count). The predicted octanol–water partition coefficient (Wildman–Crippen LogP) is 2.24. The highest BCUT2D eigenvalue weighted by molar-refractivity contribution is 8.03. The van der Waals surface area contributed by atoms with Gasteiger partial charge in [-0.05, 0) is 40.0 Å². The number of cyclic esters (lactones) is 1. The smallest absolute Gasteiger partial charge is 0.326 e. The van der Waals surface area contributed by atoms with E-state index in [1.54, 1.807) is 6.92 Å². The normalized spacial score (nSPS) is 42.1. The quantitative estimate of drug-likeness (QED) is 0.566. The fraction of sp³-hybridized carbons (Fsp3) is 0.750. The van der Waals surface area contributed by atoms with Gasteiger partial charge in [0.15, 0.2) is 4.93 Å². The summed E-state index contributed by atoms with van der Waals surface area (Å²) < 4.78 is 4.48. The van der Waals surface area contributed by atoms with Gasteiger partial charge >= 0.3 is 5.97 Å². The van der Waals surface area contributed by atoms with Crippen LogP contribution in [0, 0.1) is 0 Å². The van der Waals surface area contributed by atoms with E-state index in [-0.39, 0.29) is 5.97 Å². The standard InChI is InChI=1S/C12H18O3S/c1-10(2)15-9(13)11(3,16-10)12(14)7-5-4-6-8-12/h4-5,14H,6-8H2,1-3H3. The van der Waals surface area contributed by atoms with Gasteiger partial charge in [0.2, 0.25) is 0 Å². The van der Waals surface area contributed by atoms with Crippen LogP contribution in [-0.2, 0) is 9.53 Å². The third kappa shape index (κ3) is 1.68. The summed E-state index contributed by atoms with van der Waals surface area (Å²) in [5.41, 5.74) is -0.975. The van der Waals surface area contributed by atoms with E-state index < -0.39 is 15.3 Å². The van der Waals surface area contributed by atoms with Crippen LogP contribution in [0.2, 0.25) is 0 Å². The summed E-state index contributed by atoms with van der Waals surface area (Å²) in [6.07, 6.45) is 5.97. The fourth-order valence-electron chi connectivity index (χ4n) is 2.41. The maximum absolute atomic E-state index is 12.0. The Hall–Kier alpha value is -0.480. The third-order valence-corrected chi connectivity index (χ3v) is 4.94. The van der Waals surface area contributed by atoms with Crippen molar-refractivity contribution in [1.82, 2.24) is 0 Å². The lowest BCUT2D eigenvalue weighted by Gasteiger charge is -2.40. The Morgan fingerprint density at radius 2 is 2.06 bits per heavy atom. The summed E-state index contributed by atoms with van der Waals surface area (Å²) in [7, 11) is 0. The van der Waals surface area contributed by atoms with Crippen LogP contribution in [0.1, 0.15) is 40.0 Å². The van der Waals surface area contributed by atoms with Gasteiger partial charge in [0.05, 0.1) is 5.60 Å². The molecule has 3 nitrogen and oxygen atoms in total. The average Bonchev–Trinajstić information content (AvgIpc) is 2.38. The Balaban J connectivity index is 2.32. The van der Waals surface area contributed by atoms with E-state index in [1.807, 2.05) is 26.0 Å². The van der Waals surface area contributed by atoms with Crippen molar-refractivity contribution in [3.63, 3.8) is 0 Å². The van der Waals surface area contributed by atoms with Crippen molar-refractivity contribution in [3.8, 4) is 0 Å². The number of thioether (sulfide) groups is 1. The van der Waals surface area contributed by atoms with Gasteiger partial charge < -0.3 is 9.84 Å². The molecule has 4 heteroatoms. The molecule has 0 radical (unpaired) electrons. The minimum atomic E-state index is -0.975. The maximum Gasteiger partial charge on any atom is 0.326 e. The maximum atomic E-state index is 12.0. The summed E-state index contributed by atoms with van der Waals surface area (Å²) in [5.74, 6) is -0.291. The van der Waals surface area contributed by atoms with E-state index in [0.29, 0.717) is 12.8 Å². The summed E-state index contributed by atoms with van der Waals surface area (Å²) in [4.78, 5) is 11.5. The van der Waals surface area contributed by atoms with Gasteiger partial charge in [0.1, 0.15) is 4.75 Å². The second-order valence-corrected chi connectivity index (χ2v) is 7.17. The number of aliphatic hydroxyl groups is 1. The van der Waals surface area contributed by atoms with Crippen molar-refractivity contribution in [2.45, 2.75) is 55.3 Å². The highest BCUT2D eigenvalue weighted by Crippen LogP contribution is 2.54. The third-order valence-electron chi connectivity index (χ3n) is 3.41. The lowest BCUT2D eigenvalue weighted by atomic mass is 9.78. The number of hydrogen-bond donors (Lipinski definition) is 1. The van der Waals surface area contributed by atoms with Gasteiger partial charge in [-0.15, -0.1) is 0 Å². The van der Waals surface area contributed by atoms with Gasteiger partial charge in [-0.3, -0.25) is 4.79 Å². The number of carbonyl (C=O) groups is 1. The molecule has 1 aliphatic carbocycles. The second kappa shape index (κ2) is 3.50. The highest BCUT2D eigenvalue weighted by atomic mass is 32.2. The van der Waals surface area contributed by atoms with Crippen LogP contribution < -0.4 is 0 Å². The average molecular weight is 242 g/mol. The summed E-state index contributed by atoms with van der Waals surface area (Å²) in [6.45, 7) is 5.53. The zero-order chi connectivity index (χ0) is 12.0. The molecule has 1 heterocycles. The first-order valence-electron chi connectivity index (χ1n) is 5.60. The number of hydrogen-bond acceptors (Lipinski definition) is 4. The van der Waals surface area contributed by atoms with Crippen LogP contribution in [-0.4, -0.2) is 26.4 Å². The number of rotatable bonds is 1. The molecule has 2 atom stereocenters. The van der Waals surface area contributed by atoms with Gasteiger partial charge in [-0.1, -0.05) is 23.9 Å². The monoisotopic (exact) mass is 242 g/mol. The molecule has 0 saturated carbocycles. The Labute approximate surface area is 100 Å². The lowest BCUT2D eigenvalue weighted by molar-refractivity contribution is -0.155. The molecule has 1 aliphatic heterocycles. The molecule has 90 valence electrons. The number of ether oxygens (including phenoxy) is 1. The first kappa shape index (κ1) is 12.0. The van der Waals surface area contributed by atoms with E-state index in [2.05, 4.69) is 0 Å².